The van der Waals surface area contributed by atoms with E-state index in [4.69, 9.17) is 16.0 Å². The molecule has 6 heteroatoms. The van der Waals surface area contributed by atoms with E-state index in [0.29, 0.717) is 35.4 Å². The van der Waals surface area contributed by atoms with Crippen molar-refractivity contribution in [3.05, 3.63) is 71.2 Å². The summed E-state index contributed by atoms with van der Waals surface area (Å²) in [6.45, 7) is 1.50. The maximum absolute atomic E-state index is 12.6. The summed E-state index contributed by atoms with van der Waals surface area (Å²) in [6.07, 6.45) is 4.38. The molecule has 5 nitrogen and oxygen atoms in total. The topological polar surface area (TPSA) is 66.6 Å². The molecule has 2 heterocycles. The lowest BCUT2D eigenvalue weighted by Crippen LogP contribution is -2.38. The zero-order valence-electron chi connectivity index (χ0n) is 16.1. The molecule has 0 aliphatic carbocycles. The Hall–Kier alpha value is -2.79. The van der Waals surface area contributed by atoms with E-state index in [-0.39, 0.29) is 11.7 Å². The van der Waals surface area contributed by atoms with Crippen LogP contribution in [0.25, 0.3) is 11.3 Å². The molecule has 150 valence electrons. The minimum atomic E-state index is 0.131. The van der Waals surface area contributed by atoms with Crippen molar-refractivity contribution in [1.29, 1.82) is 0 Å². The maximum Gasteiger partial charge on any atom is 0.223 e. The molecule has 1 saturated heterocycles. The number of rotatable bonds is 5. The van der Waals surface area contributed by atoms with Gasteiger partial charge in [-0.2, -0.15) is 0 Å². The van der Waals surface area contributed by atoms with Crippen molar-refractivity contribution in [2.24, 2.45) is 0 Å². The molecular formula is C23H23ClN2O3. The van der Waals surface area contributed by atoms with Gasteiger partial charge >= 0.3 is 0 Å². The number of halogens is 1. The number of aromatic hydroxyl groups is 1. The smallest absolute Gasteiger partial charge is 0.223 e. The predicted octanol–water partition coefficient (Wildman–Crippen LogP) is 5.04. The fraction of sp³-hybridized carbons (Fsp3) is 0.304. The summed E-state index contributed by atoms with van der Waals surface area (Å²) in [5.41, 5.74) is 2.03. The molecule has 0 saturated carbocycles. The molecule has 0 radical (unpaired) electrons. The molecular weight excluding hydrogens is 388 g/mol. The summed E-state index contributed by atoms with van der Waals surface area (Å²) in [5.74, 6) is 2.02. The number of oxazole rings is 1. The Kier molecular flexibility index (Phi) is 5.86. The molecule has 2 aromatic carbocycles. The molecule has 0 spiro atoms. The van der Waals surface area contributed by atoms with Gasteiger partial charge in [0.25, 0.3) is 0 Å². The number of carbonyl (C=O) groups excluding carboxylic acids is 1. The van der Waals surface area contributed by atoms with E-state index in [9.17, 15) is 9.90 Å². The van der Waals surface area contributed by atoms with Crippen LogP contribution in [0.2, 0.25) is 5.02 Å². The van der Waals surface area contributed by atoms with Crippen molar-refractivity contribution < 1.29 is 14.3 Å². The Labute approximate surface area is 174 Å². The molecule has 1 amide bonds. The Morgan fingerprint density at radius 1 is 1.14 bits per heavy atom. The lowest BCUT2D eigenvalue weighted by molar-refractivity contribution is -0.132. The molecule has 1 aliphatic heterocycles. The first-order chi connectivity index (χ1) is 14.1. The highest BCUT2D eigenvalue weighted by Crippen LogP contribution is 2.30. The normalized spacial score (nSPS) is 14.9. The van der Waals surface area contributed by atoms with Gasteiger partial charge in [-0.15, -0.1) is 0 Å². The third-order valence-corrected chi connectivity index (χ3v) is 5.79. The molecule has 1 aliphatic rings. The monoisotopic (exact) mass is 410 g/mol. The quantitative estimate of drug-likeness (QED) is 0.639. The van der Waals surface area contributed by atoms with Gasteiger partial charge in [0.2, 0.25) is 5.91 Å². The minimum absolute atomic E-state index is 0.131. The average molecular weight is 411 g/mol. The first kappa shape index (κ1) is 19.5. The van der Waals surface area contributed by atoms with Gasteiger partial charge in [0.05, 0.1) is 11.2 Å². The van der Waals surface area contributed by atoms with Crippen molar-refractivity contribution in [2.75, 3.05) is 13.1 Å². The van der Waals surface area contributed by atoms with Gasteiger partial charge in [0.15, 0.2) is 11.7 Å². The number of likely N-dealkylation sites (tertiary alicyclic amines) is 1. The number of piperidine rings is 1. The van der Waals surface area contributed by atoms with Gasteiger partial charge in [0, 0.05) is 31.5 Å². The molecule has 1 aromatic heterocycles. The highest BCUT2D eigenvalue weighted by atomic mass is 35.5. The molecule has 29 heavy (non-hydrogen) atoms. The van der Waals surface area contributed by atoms with Crippen molar-refractivity contribution in [2.45, 2.75) is 31.6 Å². The number of aryl methyl sites for hydroxylation is 1. The molecule has 1 fully saturated rings. The van der Waals surface area contributed by atoms with Crippen molar-refractivity contribution in [1.82, 2.24) is 9.88 Å². The molecule has 0 unspecified atom stereocenters. The first-order valence-electron chi connectivity index (χ1n) is 9.86. The number of phenolic OH excluding ortho intramolecular Hbond substituents is 1. The summed E-state index contributed by atoms with van der Waals surface area (Å²) in [6, 6.07) is 14.8. The Morgan fingerprint density at radius 2 is 1.86 bits per heavy atom. The van der Waals surface area contributed by atoms with E-state index >= 15 is 0 Å². The highest BCUT2D eigenvalue weighted by molar-refractivity contribution is 6.33. The molecule has 0 bridgehead atoms. The van der Waals surface area contributed by atoms with Crippen molar-refractivity contribution in [3.8, 4) is 17.1 Å². The number of hydrogen-bond acceptors (Lipinski definition) is 4. The van der Waals surface area contributed by atoms with E-state index in [2.05, 4.69) is 4.98 Å². The number of nitrogens with zero attached hydrogens (tertiary/aromatic N) is 2. The zero-order valence-corrected chi connectivity index (χ0v) is 16.8. The number of aromatic nitrogens is 1. The van der Waals surface area contributed by atoms with Crippen LogP contribution in [-0.2, 0) is 11.2 Å². The number of phenols is 1. The number of amides is 1. The van der Waals surface area contributed by atoms with Crippen LogP contribution in [-0.4, -0.2) is 34.0 Å². The lowest BCUT2D eigenvalue weighted by atomic mass is 9.89. The van der Waals surface area contributed by atoms with Gasteiger partial charge in [-0.05, 0) is 48.6 Å². The Morgan fingerprint density at radius 3 is 2.59 bits per heavy atom. The van der Waals surface area contributed by atoms with Gasteiger partial charge in [-0.1, -0.05) is 35.9 Å². The van der Waals surface area contributed by atoms with Gasteiger partial charge in [-0.25, -0.2) is 4.98 Å². The summed E-state index contributed by atoms with van der Waals surface area (Å²) < 4.78 is 5.79. The van der Waals surface area contributed by atoms with Crippen LogP contribution in [0.15, 0.2) is 59.1 Å². The Balaban J connectivity index is 1.29. The van der Waals surface area contributed by atoms with Crippen LogP contribution in [0.5, 0.6) is 5.75 Å². The van der Waals surface area contributed by atoms with Gasteiger partial charge in [0.1, 0.15) is 5.75 Å². The lowest BCUT2D eigenvalue weighted by Gasteiger charge is -2.32. The number of carbonyl (C=O) groups is 1. The van der Waals surface area contributed by atoms with E-state index < -0.39 is 0 Å². The highest BCUT2D eigenvalue weighted by Gasteiger charge is 2.24. The van der Waals surface area contributed by atoms with Crippen molar-refractivity contribution >= 4 is 17.5 Å². The Bertz CT molecular complexity index is 976. The molecule has 0 atom stereocenters. The summed E-state index contributed by atoms with van der Waals surface area (Å²) >= 11 is 6.20. The summed E-state index contributed by atoms with van der Waals surface area (Å²) in [5, 5.41) is 10.0. The number of hydrogen-bond donors (Lipinski definition) is 1. The second kappa shape index (κ2) is 8.70. The molecule has 4 rings (SSSR count). The van der Waals surface area contributed by atoms with Gasteiger partial charge in [-0.3, -0.25) is 4.79 Å². The molecule has 3 aromatic rings. The minimum Gasteiger partial charge on any atom is -0.508 e. The maximum atomic E-state index is 12.6. The first-order valence-corrected chi connectivity index (χ1v) is 10.2. The van der Waals surface area contributed by atoms with Crippen LogP contribution in [0.1, 0.15) is 36.6 Å². The summed E-state index contributed by atoms with van der Waals surface area (Å²) in [4.78, 5) is 18.8. The van der Waals surface area contributed by atoms with E-state index in [1.807, 2.05) is 41.3 Å². The molecule has 1 N–H and O–H groups in total. The number of benzene rings is 2. The third kappa shape index (κ3) is 4.62. The fourth-order valence-corrected chi connectivity index (χ4v) is 4.02. The second-order valence-electron chi connectivity index (χ2n) is 7.34. The van der Waals surface area contributed by atoms with E-state index in [1.165, 1.54) is 5.56 Å². The van der Waals surface area contributed by atoms with Gasteiger partial charge < -0.3 is 14.4 Å². The van der Waals surface area contributed by atoms with Crippen molar-refractivity contribution in [3.63, 3.8) is 0 Å². The SMILES string of the molecule is O=C(CCc1ncc(-c2ccccc2Cl)o1)N1CCC(c2ccc(O)cc2)CC1. The largest absolute Gasteiger partial charge is 0.508 e. The second-order valence-corrected chi connectivity index (χ2v) is 7.75. The van der Waals surface area contributed by atoms with Crippen LogP contribution in [0, 0.1) is 0 Å². The third-order valence-electron chi connectivity index (χ3n) is 5.46. The fourth-order valence-electron chi connectivity index (χ4n) is 3.79. The standard InChI is InChI=1S/C23H23ClN2O3/c24-20-4-2-1-3-19(20)21-15-25-22(29-21)9-10-23(28)26-13-11-17(12-14-26)16-5-7-18(27)8-6-16/h1-8,15,17,27H,9-14H2. The van der Waals surface area contributed by atoms with E-state index in [1.54, 1.807) is 18.3 Å². The van der Waals surface area contributed by atoms with Crippen LogP contribution < -0.4 is 0 Å². The van der Waals surface area contributed by atoms with E-state index in [0.717, 1.165) is 31.5 Å². The summed E-state index contributed by atoms with van der Waals surface area (Å²) in [7, 11) is 0. The predicted molar refractivity (Wildman–Crippen MR) is 112 cm³/mol. The van der Waals surface area contributed by atoms with Crippen LogP contribution >= 0.6 is 11.6 Å². The van der Waals surface area contributed by atoms with Crippen LogP contribution in [0.3, 0.4) is 0 Å². The zero-order chi connectivity index (χ0) is 20.2. The average Bonchev–Trinajstić information content (AvgIpc) is 3.22. The van der Waals surface area contributed by atoms with Crippen LogP contribution in [0.4, 0.5) is 0 Å².